The highest BCUT2D eigenvalue weighted by Crippen LogP contribution is 2.34. The molecule has 0 aliphatic rings. The van der Waals surface area contributed by atoms with Gasteiger partial charge in [0.15, 0.2) is 5.56 Å². The van der Waals surface area contributed by atoms with Crippen LogP contribution in [0.1, 0.15) is 21.0 Å². The topological polar surface area (TPSA) is 58.5 Å². The second-order valence-electron chi connectivity index (χ2n) is 8.53. The lowest BCUT2D eigenvalue weighted by molar-refractivity contribution is -0.671. The number of pyridine rings is 1. The largest absolute Gasteiger partial charge is 0.477 e. The molecule has 0 unspecified atom stereocenters. The van der Waals surface area contributed by atoms with Crippen molar-refractivity contribution in [2.24, 2.45) is 0 Å². The lowest BCUT2D eigenvalue weighted by Crippen LogP contribution is -2.41. The molecule has 0 spiro atoms. The third-order valence-electron chi connectivity index (χ3n) is 5.94. The predicted octanol–water partition coefficient (Wildman–Crippen LogP) is 5.85. The van der Waals surface area contributed by atoms with Gasteiger partial charge in [-0.15, -0.1) is 11.3 Å². The van der Waals surface area contributed by atoms with Crippen LogP contribution in [-0.4, -0.2) is 14.5 Å². The average Bonchev–Trinajstić information content (AvgIpc) is 3.21. The lowest BCUT2D eigenvalue weighted by Gasteiger charge is -2.12. The Morgan fingerprint density at radius 2 is 1.89 bits per heavy atom. The van der Waals surface area contributed by atoms with Crippen molar-refractivity contribution < 1.29 is 14.1 Å². The van der Waals surface area contributed by atoms with Gasteiger partial charge in [-0.05, 0) is 68.3 Å². The normalized spacial score (nSPS) is 11.3. The van der Waals surface area contributed by atoms with Gasteiger partial charge in [-0.3, -0.25) is 0 Å². The third kappa shape index (κ3) is 4.22. The molecule has 35 heavy (non-hydrogen) atoms. The van der Waals surface area contributed by atoms with Crippen LogP contribution < -0.4 is 10.1 Å². The Balaban J connectivity index is 1.79. The molecule has 3 heterocycles. The van der Waals surface area contributed by atoms with E-state index in [0.717, 1.165) is 21.0 Å². The summed E-state index contributed by atoms with van der Waals surface area (Å²) in [4.78, 5) is 18.8. The van der Waals surface area contributed by atoms with Crippen LogP contribution in [-0.2, 0) is 6.54 Å². The molecule has 5 aromatic rings. The summed E-state index contributed by atoms with van der Waals surface area (Å²) < 4.78 is 18.0. The molecule has 176 valence electrons. The maximum atomic E-state index is 14.9. The number of aryl methyl sites for hydroxylation is 3. The summed E-state index contributed by atoms with van der Waals surface area (Å²) in [5.74, 6) is -0.770. The summed E-state index contributed by atoms with van der Waals surface area (Å²) in [7, 11) is 0. The van der Waals surface area contributed by atoms with Gasteiger partial charge in [-0.2, -0.15) is 8.97 Å². The summed E-state index contributed by atoms with van der Waals surface area (Å²) >= 11 is 7.96. The van der Waals surface area contributed by atoms with E-state index in [1.54, 1.807) is 35.2 Å². The third-order valence-corrected chi connectivity index (χ3v) is 7.15. The molecule has 0 radical (unpaired) electrons. The van der Waals surface area contributed by atoms with E-state index in [1.807, 2.05) is 39.0 Å². The van der Waals surface area contributed by atoms with Gasteiger partial charge in [0.2, 0.25) is 0 Å². The summed E-state index contributed by atoms with van der Waals surface area (Å²) in [5.41, 5.74) is 3.36. The van der Waals surface area contributed by atoms with E-state index in [9.17, 15) is 14.3 Å². The lowest BCUT2D eigenvalue weighted by atomic mass is 9.98. The van der Waals surface area contributed by atoms with Crippen molar-refractivity contribution in [2.45, 2.75) is 27.3 Å². The van der Waals surface area contributed by atoms with Crippen molar-refractivity contribution >= 4 is 28.6 Å². The fraction of sp³-hybridized carbons (Fsp3) is 0.148. The number of fused-ring (bicyclic) bond motifs is 1. The van der Waals surface area contributed by atoms with Crippen molar-refractivity contribution in [2.75, 3.05) is 0 Å². The SMILES string of the molecule is Cc1ccc(-c2cc(F)cc(-c3c(O)[n+](Cc4cnc(C)s4)c4c(C)cccn4c3=O)c2)c(Cl)c1. The molecular weight excluding hydrogens is 485 g/mol. The zero-order valence-electron chi connectivity index (χ0n) is 19.3. The Labute approximate surface area is 210 Å². The Morgan fingerprint density at radius 1 is 1.11 bits per heavy atom. The fourth-order valence-electron chi connectivity index (χ4n) is 4.35. The first-order valence-electron chi connectivity index (χ1n) is 11.0. The molecule has 0 aliphatic heterocycles. The summed E-state index contributed by atoms with van der Waals surface area (Å²) in [6, 6.07) is 13.5. The number of thiazole rings is 1. The Kier molecular flexibility index (Phi) is 5.91. The van der Waals surface area contributed by atoms with Crippen LogP contribution in [0.4, 0.5) is 4.39 Å². The second-order valence-corrected chi connectivity index (χ2v) is 10.3. The van der Waals surface area contributed by atoms with Gasteiger partial charge < -0.3 is 5.11 Å². The Hall–Kier alpha value is -3.55. The number of benzene rings is 2. The van der Waals surface area contributed by atoms with E-state index in [4.69, 9.17) is 11.6 Å². The molecule has 0 aliphatic carbocycles. The van der Waals surface area contributed by atoms with Crippen LogP contribution in [0.5, 0.6) is 5.88 Å². The molecule has 5 rings (SSSR count). The van der Waals surface area contributed by atoms with Crippen LogP contribution in [0.3, 0.4) is 0 Å². The molecule has 1 N–H and O–H groups in total. The van der Waals surface area contributed by atoms with Crippen LogP contribution in [0.2, 0.25) is 5.02 Å². The van der Waals surface area contributed by atoms with Crippen LogP contribution in [0.15, 0.2) is 65.7 Å². The van der Waals surface area contributed by atoms with Gasteiger partial charge in [-0.1, -0.05) is 23.7 Å². The van der Waals surface area contributed by atoms with Crippen molar-refractivity contribution in [3.63, 3.8) is 0 Å². The summed E-state index contributed by atoms with van der Waals surface area (Å²) in [6.45, 7) is 6.02. The molecule has 5 nitrogen and oxygen atoms in total. The molecule has 3 aromatic heterocycles. The first-order chi connectivity index (χ1) is 16.7. The average molecular weight is 507 g/mol. The van der Waals surface area contributed by atoms with Gasteiger partial charge in [0.05, 0.1) is 16.1 Å². The van der Waals surface area contributed by atoms with Gasteiger partial charge >= 0.3 is 5.56 Å². The van der Waals surface area contributed by atoms with Crippen molar-refractivity contribution in [1.29, 1.82) is 0 Å². The van der Waals surface area contributed by atoms with Crippen LogP contribution in [0.25, 0.3) is 27.9 Å². The summed E-state index contributed by atoms with van der Waals surface area (Å²) in [5, 5.41) is 12.8. The van der Waals surface area contributed by atoms with Crippen LogP contribution in [0, 0.1) is 26.6 Å². The standard InChI is InChI=1S/C27H21ClFN3O2S/c1-15-6-7-22(23(28)9-15)18-10-19(12-20(29)11-18)24-26(33)31-8-4-5-16(2)25(31)32(27(24)34)14-21-13-30-17(3)35-21/h4-13H,14H2,1-3H3/p+1. The number of nitrogens with zero attached hydrogens (tertiary/aromatic N) is 3. The quantitative estimate of drug-likeness (QED) is 0.311. The number of aromatic nitrogens is 3. The predicted molar refractivity (Wildman–Crippen MR) is 137 cm³/mol. The maximum Gasteiger partial charge on any atom is 0.354 e. The molecule has 0 amide bonds. The van der Waals surface area contributed by atoms with E-state index in [-0.39, 0.29) is 17.0 Å². The number of rotatable bonds is 4. The van der Waals surface area contributed by atoms with Gasteiger partial charge in [-0.25, -0.2) is 14.2 Å². The van der Waals surface area contributed by atoms with E-state index < -0.39 is 11.4 Å². The first kappa shape index (κ1) is 23.2. The van der Waals surface area contributed by atoms with Gasteiger partial charge in [0.25, 0.3) is 11.5 Å². The van der Waals surface area contributed by atoms with Crippen molar-refractivity contribution in [1.82, 2.24) is 9.38 Å². The van der Waals surface area contributed by atoms with Gasteiger partial charge in [0, 0.05) is 27.9 Å². The van der Waals surface area contributed by atoms with Gasteiger partial charge in [0.1, 0.15) is 12.4 Å². The van der Waals surface area contributed by atoms with E-state index in [1.165, 1.54) is 27.9 Å². The fourth-order valence-corrected chi connectivity index (χ4v) is 5.48. The molecule has 0 saturated heterocycles. The highest BCUT2D eigenvalue weighted by Gasteiger charge is 2.27. The molecule has 0 saturated carbocycles. The van der Waals surface area contributed by atoms with E-state index in [2.05, 4.69) is 4.98 Å². The molecule has 0 bridgehead atoms. The van der Waals surface area contributed by atoms with E-state index in [0.29, 0.717) is 28.3 Å². The minimum atomic E-state index is -0.535. The molecular formula is C27H22ClFN3O2S+. The molecule has 0 atom stereocenters. The van der Waals surface area contributed by atoms with Crippen molar-refractivity contribution in [3.05, 3.63) is 103 Å². The monoisotopic (exact) mass is 506 g/mol. The number of hydrogen-bond donors (Lipinski definition) is 1. The Morgan fingerprint density at radius 3 is 2.60 bits per heavy atom. The second kappa shape index (κ2) is 8.91. The van der Waals surface area contributed by atoms with Crippen molar-refractivity contribution in [3.8, 4) is 28.1 Å². The number of halogens is 2. The minimum Gasteiger partial charge on any atom is -0.477 e. The molecule has 8 heteroatoms. The number of hydrogen-bond acceptors (Lipinski definition) is 4. The van der Waals surface area contributed by atoms with E-state index >= 15 is 0 Å². The smallest absolute Gasteiger partial charge is 0.354 e. The highest BCUT2D eigenvalue weighted by molar-refractivity contribution is 7.11. The minimum absolute atomic E-state index is 0.0123. The first-order valence-corrected chi connectivity index (χ1v) is 12.2. The highest BCUT2D eigenvalue weighted by atomic mass is 35.5. The zero-order chi connectivity index (χ0) is 24.9. The molecule has 0 fully saturated rings. The maximum absolute atomic E-state index is 14.9. The zero-order valence-corrected chi connectivity index (χ0v) is 20.9. The Bertz CT molecular complexity index is 1680. The molecule has 2 aromatic carbocycles. The number of aromatic hydroxyl groups is 1. The summed E-state index contributed by atoms with van der Waals surface area (Å²) in [6.07, 6.45) is 3.41. The van der Waals surface area contributed by atoms with Crippen LogP contribution >= 0.6 is 22.9 Å².